The standard InChI is InChI=1S/C15H19FN2OS/c1-2-18(12-7-5-11(16)6-8-12)14(19)15(13(17)20)9-3-4-10-15/h5-8H,2-4,9-10H2,1H3,(H2,17,20). The van der Waals surface area contributed by atoms with E-state index in [1.807, 2.05) is 6.92 Å². The van der Waals surface area contributed by atoms with Crippen LogP contribution in [-0.2, 0) is 4.79 Å². The van der Waals surface area contributed by atoms with Gasteiger partial charge in [-0.05, 0) is 44.0 Å². The van der Waals surface area contributed by atoms with Crippen molar-refractivity contribution in [3.05, 3.63) is 30.1 Å². The summed E-state index contributed by atoms with van der Waals surface area (Å²) in [5, 5.41) is 0. The van der Waals surface area contributed by atoms with Crippen molar-refractivity contribution in [2.75, 3.05) is 11.4 Å². The van der Waals surface area contributed by atoms with Gasteiger partial charge < -0.3 is 10.6 Å². The van der Waals surface area contributed by atoms with Gasteiger partial charge in [-0.25, -0.2) is 4.39 Å². The van der Waals surface area contributed by atoms with Crippen LogP contribution in [0.25, 0.3) is 0 Å². The Bertz CT molecular complexity index is 509. The lowest BCUT2D eigenvalue weighted by atomic mass is 9.84. The van der Waals surface area contributed by atoms with E-state index in [9.17, 15) is 9.18 Å². The normalized spacial score (nSPS) is 16.9. The highest BCUT2D eigenvalue weighted by Gasteiger charge is 2.46. The Morgan fingerprint density at radius 1 is 1.35 bits per heavy atom. The van der Waals surface area contributed by atoms with Gasteiger partial charge >= 0.3 is 0 Å². The zero-order chi connectivity index (χ0) is 14.8. The van der Waals surface area contributed by atoms with Gasteiger partial charge in [0.05, 0.1) is 10.4 Å². The number of thiocarbonyl (C=S) groups is 1. The van der Waals surface area contributed by atoms with E-state index < -0.39 is 5.41 Å². The van der Waals surface area contributed by atoms with E-state index in [4.69, 9.17) is 18.0 Å². The molecule has 1 aromatic carbocycles. The van der Waals surface area contributed by atoms with Crippen molar-refractivity contribution in [2.24, 2.45) is 11.1 Å². The van der Waals surface area contributed by atoms with Gasteiger partial charge in [0.25, 0.3) is 0 Å². The van der Waals surface area contributed by atoms with Gasteiger partial charge in [-0.2, -0.15) is 0 Å². The lowest BCUT2D eigenvalue weighted by Gasteiger charge is -2.33. The summed E-state index contributed by atoms with van der Waals surface area (Å²) in [4.78, 5) is 14.8. The van der Waals surface area contributed by atoms with E-state index in [0.29, 0.717) is 25.1 Å². The molecule has 0 heterocycles. The molecule has 1 fully saturated rings. The molecule has 0 bridgehead atoms. The third-order valence-electron chi connectivity index (χ3n) is 4.04. The number of hydrogen-bond acceptors (Lipinski definition) is 2. The van der Waals surface area contributed by atoms with Crippen LogP contribution >= 0.6 is 12.2 Å². The summed E-state index contributed by atoms with van der Waals surface area (Å²) in [7, 11) is 0. The molecule has 1 amide bonds. The molecule has 2 N–H and O–H groups in total. The maximum Gasteiger partial charge on any atom is 0.240 e. The Morgan fingerprint density at radius 3 is 2.35 bits per heavy atom. The first kappa shape index (κ1) is 14.9. The molecule has 1 aliphatic carbocycles. The van der Waals surface area contributed by atoms with E-state index in [-0.39, 0.29) is 16.7 Å². The molecule has 1 aromatic rings. The second kappa shape index (κ2) is 5.87. The summed E-state index contributed by atoms with van der Waals surface area (Å²) in [6, 6.07) is 5.93. The van der Waals surface area contributed by atoms with E-state index >= 15 is 0 Å². The van der Waals surface area contributed by atoms with Crippen molar-refractivity contribution in [3.8, 4) is 0 Å². The Hall–Kier alpha value is -1.49. The van der Waals surface area contributed by atoms with E-state index in [0.717, 1.165) is 12.8 Å². The Balaban J connectivity index is 2.33. The number of nitrogens with zero attached hydrogens (tertiary/aromatic N) is 1. The second-order valence-corrected chi connectivity index (χ2v) is 5.62. The molecule has 3 nitrogen and oxygen atoms in total. The predicted octanol–water partition coefficient (Wildman–Crippen LogP) is 3.03. The molecule has 0 atom stereocenters. The minimum absolute atomic E-state index is 0.0587. The molecule has 20 heavy (non-hydrogen) atoms. The van der Waals surface area contributed by atoms with Gasteiger partial charge in [0.1, 0.15) is 5.82 Å². The number of hydrogen-bond donors (Lipinski definition) is 1. The van der Waals surface area contributed by atoms with Gasteiger partial charge in [-0.1, -0.05) is 25.1 Å². The number of carbonyl (C=O) groups excluding carboxylic acids is 1. The van der Waals surface area contributed by atoms with Crippen molar-refractivity contribution < 1.29 is 9.18 Å². The number of nitrogens with two attached hydrogens (primary N) is 1. The summed E-state index contributed by atoms with van der Waals surface area (Å²) in [5.41, 5.74) is 5.81. The molecule has 0 spiro atoms. The van der Waals surface area contributed by atoms with Gasteiger partial charge in [0.2, 0.25) is 5.91 Å². The van der Waals surface area contributed by atoms with Crippen LogP contribution in [-0.4, -0.2) is 17.4 Å². The average Bonchev–Trinajstić information content (AvgIpc) is 2.92. The van der Waals surface area contributed by atoms with Crippen LogP contribution in [0, 0.1) is 11.2 Å². The molecule has 1 saturated carbocycles. The Labute approximate surface area is 123 Å². The summed E-state index contributed by atoms with van der Waals surface area (Å²) >= 11 is 5.15. The average molecular weight is 294 g/mol. The molecule has 0 aliphatic heterocycles. The molecular formula is C15H19FN2OS. The highest BCUT2D eigenvalue weighted by atomic mass is 32.1. The topological polar surface area (TPSA) is 46.3 Å². The van der Waals surface area contributed by atoms with E-state index in [1.165, 1.54) is 12.1 Å². The van der Waals surface area contributed by atoms with Gasteiger partial charge in [0, 0.05) is 12.2 Å². The highest BCUT2D eigenvalue weighted by molar-refractivity contribution is 7.80. The van der Waals surface area contributed by atoms with Gasteiger partial charge in [0.15, 0.2) is 0 Å². The van der Waals surface area contributed by atoms with E-state index in [2.05, 4.69) is 0 Å². The van der Waals surface area contributed by atoms with Crippen LogP contribution < -0.4 is 10.6 Å². The third-order valence-corrected chi connectivity index (χ3v) is 4.43. The van der Waals surface area contributed by atoms with Crippen molar-refractivity contribution in [1.82, 2.24) is 0 Å². The largest absolute Gasteiger partial charge is 0.392 e. The summed E-state index contributed by atoms with van der Waals surface area (Å²) in [6.07, 6.45) is 3.34. The maximum absolute atomic E-state index is 13.0. The number of rotatable bonds is 4. The highest BCUT2D eigenvalue weighted by Crippen LogP contribution is 2.41. The van der Waals surface area contributed by atoms with Crippen LogP contribution in [0.5, 0.6) is 0 Å². The predicted molar refractivity (Wildman–Crippen MR) is 82.1 cm³/mol. The van der Waals surface area contributed by atoms with Crippen LogP contribution in [0.2, 0.25) is 0 Å². The summed E-state index contributed by atoms with van der Waals surface area (Å²) in [6.45, 7) is 2.40. The number of halogens is 1. The van der Waals surface area contributed by atoms with Crippen LogP contribution in [0.15, 0.2) is 24.3 Å². The van der Waals surface area contributed by atoms with Gasteiger partial charge in [-0.3, -0.25) is 4.79 Å². The zero-order valence-corrected chi connectivity index (χ0v) is 12.4. The minimum Gasteiger partial charge on any atom is -0.392 e. The molecular weight excluding hydrogens is 275 g/mol. The lowest BCUT2D eigenvalue weighted by molar-refractivity contribution is -0.124. The quantitative estimate of drug-likeness (QED) is 0.868. The minimum atomic E-state index is -0.722. The fourth-order valence-electron chi connectivity index (χ4n) is 2.87. The molecule has 0 radical (unpaired) electrons. The van der Waals surface area contributed by atoms with Crippen molar-refractivity contribution in [3.63, 3.8) is 0 Å². The number of carbonyl (C=O) groups is 1. The molecule has 1 aliphatic rings. The van der Waals surface area contributed by atoms with Crippen LogP contribution in [0.1, 0.15) is 32.6 Å². The number of benzene rings is 1. The fraction of sp³-hybridized carbons (Fsp3) is 0.467. The summed E-state index contributed by atoms with van der Waals surface area (Å²) < 4.78 is 13.0. The Kier molecular flexibility index (Phi) is 4.38. The smallest absolute Gasteiger partial charge is 0.240 e. The van der Waals surface area contributed by atoms with Crippen LogP contribution in [0.3, 0.4) is 0 Å². The summed E-state index contributed by atoms with van der Waals surface area (Å²) in [5.74, 6) is -0.376. The first-order valence-corrected chi connectivity index (χ1v) is 7.29. The number of anilines is 1. The molecule has 0 unspecified atom stereocenters. The molecule has 0 saturated heterocycles. The third kappa shape index (κ3) is 2.54. The molecule has 0 aromatic heterocycles. The van der Waals surface area contributed by atoms with E-state index in [1.54, 1.807) is 17.0 Å². The molecule has 2 rings (SSSR count). The monoisotopic (exact) mass is 294 g/mol. The lowest BCUT2D eigenvalue weighted by Crippen LogP contribution is -2.49. The van der Waals surface area contributed by atoms with Crippen LogP contribution in [0.4, 0.5) is 10.1 Å². The van der Waals surface area contributed by atoms with Crippen molar-refractivity contribution in [1.29, 1.82) is 0 Å². The second-order valence-electron chi connectivity index (χ2n) is 5.18. The Morgan fingerprint density at radius 2 is 1.90 bits per heavy atom. The molecule has 5 heteroatoms. The molecule has 108 valence electrons. The first-order valence-electron chi connectivity index (χ1n) is 6.88. The van der Waals surface area contributed by atoms with Gasteiger partial charge in [-0.15, -0.1) is 0 Å². The fourth-order valence-corrected chi connectivity index (χ4v) is 3.16. The maximum atomic E-state index is 13.0. The number of amides is 1. The SMILES string of the molecule is CCN(C(=O)C1(C(N)=S)CCCC1)c1ccc(F)cc1. The first-order chi connectivity index (χ1) is 9.51. The van der Waals surface area contributed by atoms with Crippen molar-refractivity contribution >= 4 is 28.8 Å². The van der Waals surface area contributed by atoms with Crippen molar-refractivity contribution in [2.45, 2.75) is 32.6 Å². The zero-order valence-electron chi connectivity index (χ0n) is 11.6.